The average Bonchev–Trinajstić information content (AvgIpc) is 2.70. The normalized spacial score (nSPS) is 19.2. The Balaban J connectivity index is 2.30. The fourth-order valence-corrected chi connectivity index (χ4v) is 2.60. The molecule has 0 spiro atoms. The number of hydrogen-bond acceptors (Lipinski definition) is 3. The first-order valence-corrected chi connectivity index (χ1v) is 6.12. The summed E-state index contributed by atoms with van der Waals surface area (Å²) in [5.41, 5.74) is 0.456. The van der Waals surface area contributed by atoms with Gasteiger partial charge < -0.3 is 9.64 Å². The van der Waals surface area contributed by atoms with Crippen molar-refractivity contribution >= 4 is 40.8 Å². The lowest BCUT2D eigenvalue weighted by Crippen LogP contribution is -2.26. The highest BCUT2D eigenvalue weighted by molar-refractivity contribution is 6.40. The van der Waals surface area contributed by atoms with Crippen molar-refractivity contribution < 1.29 is 14.3 Å². The number of ether oxygens (including phenoxy) is 1. The summed E-state index contributed by atoms with van der Waals surface area (Å²) in [4.78, 5) is 24.8. The maximum absolute atomic E-state index is 11.9. The fourth-order valence-electron chi connectivity index (χ4n) is 2.00. The molecule has 1 aromatic carbocycles. The molecule has 1 aromatic rings. The molecule has 0 saturated carbocycles. The summed E-state index contributed by atoms with van der Waals surface area (Å²) in [6.45, 7) is 0.245. The highest BCUT2D eigenvalue weighted by Crippen LogP contribution is 2.37. The highest BCUT2D eigenvalue weighted by Gasteiger charge is 2.37. The van der Waals surface area contributed by atoms with E-state index in [0.717, 1.165) is 0 Å². The highest BCUT2D eigenvalue weighted by atomic mass is 35.5. The van der Waals surface area contributed by atoms with Gasteiger partial charge in [0, 0.05) is 13.0 Å². The number of methoxy groups -OCH3 is 1. The zero-order valence-corrected chi connectivity index (χ0v) is 11.2. The third-order valence-electron chi connectivity index (χ3n) is 2.87. The van der Waals surface area contributed by atoms with Crippen LogP contribution in [0.15, 0.2) is 18.2 Å². The van der Waals surface area contributed by atoms with Gasteiger partial charge in [-0.2, -0.15) is 0 Å². The van der Waals surface area contributed by atoms with Crippen molar-refractivity contribution in [3.05, 3.63) is 28.2 Å². The first kappa shape index (κ1) is 13.2. The molecule has 96 valence electrons. The third kappa shape index (κ3) is 2.31. The first-order chi connectivity index (χ1) is 8.54. The van der Waals surface area contributed by atoms with E-state index in [2.05, 4.69) is 4.74 Å². The van der Waals surface area contributed by atoms with E-state index in [1.807, 2.05) is 0 Å². The minimum absolute atomic E-state index is 0.119. The van der Waals surface area contributed by atoms with Crippen molar-refractivity contribution in [2.75, 3.05) is 18.6 Å². The minimum atomic E-state index is -0.463. The SMILES string of the molecule is COC(=O)C1CC(=O)N(c2c(Cl)cccc2Cl)C1. The molecule has 18 heavy (non-hydrogen) atoms. The monoisotopic (exact) mass is 287 g/mol. The quantitative estimate of drug-likeness (QED) is 0.786. The number of nitrogens with zero attached hydrogens (tertiary/aromatic N) is 1. The predicted octanol–water partition coefficient (Wildman–Crippen LogP) is 2.52. The van der Waals surface area contributed by atoms with E-state index < -0.39 is 11.9 Å². The van der Waals surface area contributed by atoms with E-state index in [4.69, 9.17) is 23.2 Å². The van der Waals surface area contributed by atoms with Crippen LogP contribution < -0.4 is 4.90 Å². The molecule has 1 unspecified atom stereocenters. The van der Waals surface area contributed by atoms with E-state index in [1.165, 1.54) is 12.0 Å². The maximum Gasteiger partial charge on any atom is 0.311 e. The molecule has 0 N–H and O–H groups in total. The Bertz CT molecular complexity index is 484. The molecule has 1 saturated heterocycles. The van der Waals surface area contributed by atoms with Crippen LogP contribution in [0.2, 0.25) is 10.0 Å². The zero-order valence-electron chi connectivity index (χ0n) is 9.65. The number of hydrogen-bond donors (Lipinski definition) is 0. The summed E-state index contributed by atoms with van der Waals surface area (Å²) in [5.74, 6) is -1.04. The van der Waals surface area contributed by atoms with Crippen LogP contribution in [-0.4, -0.2) is 25.5 Å². The molecule has 0 aromatic heterocycles. The molecule has 1 aliphatic heterocycles. The van der Waals surface area contributed by atoms with Crippen molar-refractivity contribution in [3.63, 3.8) is 0 Å². The van der Waals surface area contributed by atoms with Crippen LogP contribution in [-0.2, 0) is 14.3 Å². The number of benzene rings is 1. The number of halogens is 2. The lowest BCUT2D eigenvalue weighted by Gasteiger charge is -2.19. The van der Waals surface area contributed by atoms with Gasteiger partial charge in [-0.25, -0.2) is 0 Å². The Morgan fingerprint density at radius 1 is 1.39 bits per heavy atom. The lowest BCUT2D eigenvalue weighted by molar-refractivity contribution is -0.145. The summed E-state index contributed by atoms with van der Waals surface area (Å²) in [5, 5.41) is 0.780. The number of amides is 1. The number of esters is 1. The van der Waals surface area contributed by atoms with Crippen LogP contribution >= 0.6 is 23.2 Å². The Morgan fingerprint density at radius 3 is 2.56 bits per heavy atom. The van der Waals surface area contributed by atoms with Crippen LogP contribution in [0.1, 0.15) is 6.42 Å². The van der Waals surface area contributed by atoms with Crippen LogP contribution in [0.5, 0.6) is 0 Å². The zero-order chi connectivity index (χ0) is 13.3. The molecule has 4 nitrogen and oxygen atoms in total. The van der Waals surface area contributed by atoms with Gasteiger partial charge >= 0.3 is 5.97 Å². The molecular weight excluding hydrogens is 277 g/mol. The second kappa shape index (κ2) is 5.16. The lowest BCUT2D eigenvalue weighted by atomic mass is 10.1. The molecule has 2 rings (SSSR count). The van der Waals surface area contributed by atoms with E-state index in [9.17, 15) is 9.59 Å². The molecule has 1 aliphatic rings. The number of rotatable bonds is 2. The van der Waals surface area contributed by atoms with Crippen molar-refractivity contribution in [2.24, 2.45) is 5.92 Å². The molecule has 0 bridgehead atoms. The van der Waals surface area contributed by atoms with E-state index in [0.29, 0.717) is 15.7 Å². The predicted molar refractivity (Wildman–Crippen MR) is 68.9 cm³/mol. The van der Waals surface area contributed by atoms with Gasteiger partial charge in [-0.05, 0) is 12.1 Å². The molecule has 0 aliphatic carbocycles. The second-order valence-electron chi connectivity index (χ2n) is 4.00. The molecule has 0 radical (unpaired) electrons. The third-order valence-corrected chi connectivity index (χ3v) is 3.48. The summed E-state index contributed by atoms with van der Waals surface area (Å²) >= 11 is 12.1. The molecule has 6 heteroatoms. The second-order valence-corrected chi connectivity index (χ2v) is 4.81. The minimum Gasteiger partial charge on any atom is -0.469 e. The van der Waals surface area contributed by atoms with Gasteiger partial charge in [-0.15, -0.1) is 0 Å². The van der Waals surface area contributed by atoms with Gasteiger partial charge in [0.25, 0.3) is 0 Å². The number of anilines is 1. The number of carbonyl (C=O) groups excluding carboxylic acids is 2. The maximum atomic E-state index is 11.9. The van der Waals surface area contributed by atoms with Crippen LogP contribution in [0.4, 0.5) is 5.69 Å². The summed E-state index contributed by atoms with van der Waals surface area (Å²) in [7, 11) is 1.30. The van der Waals surface area contributed by atoms with Crippen molar-refractivity contribution in [1.29, 1.82) is 0 Å². The van der Waals surface area contributed by atoms with E-state index in [-0.39, 0.29) is 18.9 Å². The van der Waals surface area contributed by atoms with Gasteiger partial charge in [0.2, 0.25) is 5.91 Å². The topological polar surface area (TPSA) is 46.6 Å². The Hall–Kier alpha value is -1.26. The smallest absolute Gasteiger partial charge is 0.311 e. The van der Waals surface area contributed by atoms with Crippen LogP contribution in [0.3, 0.4) is 0 Å². The Kier molecular flexibility index (Phi) is 3.78. The fraction of sp³-hybridized carbons (Fsp3) is 0.333. The Morgan fingerprint density at radius 2 is 2.00 bits per heavy atom. The van der Waals surface area contributed by atoms with Crippen LogP contribution in [0, 0.1) is 5.92 Å². The summed E-state index contributed by atoms with van der Waals surface area (Å²) < 4.78 is 4.64. The van der Waals surface area contributed by atoms with Gasteiger partial charge in [0.1, 0.15) is 0 Å². The summed E-state index contributed by atoms with van der Waals surface area (Å²) in [6.07, 6.45) is 0.119. The number of carbonyl (C=O) groups is 2. The Labute approximate surface area is 114 Å². The van der Waals surface area contributed by atoms with Gasteiger partial charge in [-0.3, -0.25) is 9.59 Å². The molecule has 1 heterocycles. The van der Waals surface area contributed by atoms with Crippen molar-refractivity contribution in [1.82, 2.24) is 0 Å². The average molecular weight is 288 g/mol. The van der Waals surface area contributed by atoms with E-state index >= 15 is 0 Å². The molecule has 1 fully saturated rings. The van der Waals surface area contributed by atoms with Gasteiger partial charge in [0.15, 0.2) is 0 Å². The molecular formula is C12H11Cl2NO3. The first-order valence-electron chi connectivity index (χ1n) is 5.36. The molecule has 1 amide bonds. The van der Waals surface area contributed by atoms with Crippen LogP contribution in [0.25, 0.3) is 0 Å². The standard InChI is InChI=1S/C12H11Cl2NO3/c1-18-12(17)7-5-10(16)15(6-7)11-8(13)3-2-4-9(11)14/h2-4,7H,5-6H2,1H3. The summed E-state index contributed by atoms with van der Waals surface area (Å²) in [6, 6.07) is 5.01. The van der Waals surface area contributed by atoms with Crippen molar-refractivity contribution in [3.8, 4) is 0 Å². The molecule has 1 atom stereocenters. The van der Waals surface area contributed by atoms with E-state index in [1.54, 1.807) is 18.2 Å². The largest absolute Gasteiger partial charge is 0.469 e. The number of para-hydroxylation sites is 1. The van der Waals surface area contributed by atoms with Gasteiger partial charge in [0.05, 0.1) is 28.8 Å². The van der Waals surface area contributed by atoms with Crippen molar-refractivity contribution in [2.45, 2.75) is 6.42 Å². The van der Waals surface area contributed by atoms with Gasteiger partial charge in [-0.1, -0.05) is 29.3 Å².